The van der Waals surface area contributed by atoms with E-state index in [2.05, 4.69) is 15.3 Å². The van der Waals surface area contributed by atoms with E-state index in [1.54, 1.807) is 12.1 Å². The van der Waals surface area contributed by atoms with Crippen molar-refractivity contribution in [2.45, 2.75) is 17.8 Å². The van der Waals surface area contributed by atoms with Crippen LogP contribution >= 0.6 is 0 Å². The van der Waals surface area contributed by atoms with Crippen molar-refractivity contribution in [2.75, 3.05) is 26.8 Å². The van der Waals surface area contributed by atoms with Gasteiger partial charge in [-0.1, -0.05) is 0 Å². The van der Waals surface area contributed by atoms with Crippen molar-refractivity contribution >= 4 is 26.9 Å². The van der Waals surface area contributed by atoms with Gasteiger partial charge in [-0.25, -0.2) is 12.8 Å². The molecule has 4 rings (SSSR count). The summed E-state index contributed by atoms with van der Waals surface area (Å²) in [4.78, 5) is 20.7. The second-order valence-electron chi connectivity index (χ2n) is 8.32. The Morgan fingerprint density at radius 1 is 1.10 bits per heavy atom. The molecule has 0 bridgehead atoms. The summed E-state index contributed by atoms with van der Waals surface area (Å²) in [5, 5.41) is 2.37. The third kappa shape index (κ3) is 6.77. The molecule has 0 saturated carbocycles. The van der Waals surface area contributed by atoms with Crippen LogP contribution in [0, 0.1) is 5.82 Å². The van der Waals surface area contributed by atoms with Crippen molar-refractivity contribution in [3.8, 4) is 11.3 Å². The maximum atomic E-state index is 13.5. The largest absolute Gasteiger partial charge is 0.443 e. The number of halogens is 4. The predicted octanol–water partition coefficient (Wildman–Crippen LogP) is 4.00. The normalized spacial score (nSPS) is 12.3. The van der Waals surface area contributed by atoms with E-state index in [9.17, 15) is 30.8 Å². The van der Waals surface area contributed by atoms with Gasteiger partial charge in [0, 0.05) is 43.1 Å². The summed E-state index contributed by atoms with van der Waals surface area (Å²) in [7, 11) is -2.91. The number of carbonyl (C=O) groups excluding carboxylic acids is 1. The van der Waals surface area contributed by atoms with E-state index in [4.69, 9.17) is 9.15 Å². The molecule has 0 aliphatic heterocycles. The van der Waals surface area contributed by atoms with Gasteiger partial charge in [0.15, 0.2) is 0 Å². The lowest BCUT2D eigenvalue weighted by Crippen LogP contribution is -2.42. The summed E-state index contributed by atoms with van der Waals surface area (Å²) in [5.41, 5.74) is 0.414. The van der Waals surface area contributed by atoms with Crippen molar-refractivity contribution in [3.63, 3.8) is 0 Å². The minimum Gasteiger partial charge on any atom is -0.443 e. The minimum atomic E-state index is -4.51. The van der Waals surface area contributed by atoms with Gasteiger partial charge in [-0.2, -0.15) is 17.5 Å². The van der Waals surface area contributed by atoms with Crippen molar-refractivity contribution in [2.24, 2.45) is 0 Å². The summed E-state index contributed by atoms with van der Waals surface area (Å²) in [6, 6.07) is 9.99. The van der Waals surface area contributed by atoms with Gasteiger partial charge in [-0.3, -0.25) is 14.8 Å². The summed E-state index contributed by atoms with van der Waals surface area (Å²) in [5.74, 6) is -1.22. The molecule has 39 heavy (non-hydrogen) atoms. The van der Waals surface area contributed by atoms with Crippen LogP contribution in [-0.4, -0.2) is 55.4 Å². The Morgan fingerprint density at radius 3 is 2.59 bits per heavy atom. The van der Waals surface area contributed by atoms with E-state index >= 15 is 0 Å². The average molecular weight is 567 g/mol. The maximum Gasteiger partial charge on any atom is 0.417 e. The van der Waals surface area contributed by atoms with Gasteiger partial charge in [-0.05, 0) is 42.5 Å². The molecule has 0 fully saturated rings. The number of nitrogens with zero attached hydrogens (tertiary/aromatic N) is 3. The first-order valence-electron chi connectivity index (χ1n) is 11.4. The van der Waals surface area contributed by atoms with E-state index in [1.165, 1.54) is 31.5 Å². The first kappa shape index (κ1) is 28.1. The number of benzene rings is 1. The Balaban J connectivity index is 1.45. The molecule has 0 saturated heterocycles. The number of methoxy groups -OCH3 is 1. The average Bonchev–Trinajstić information content (AvgIpc) is 3.34. The van der Waals surface area contributed by atoms with Crippen LogP contribution in [0.5, 0.6) is 0 Å². The minimum absolute atomic E-state index is 0.00883. The molecule has 3 heterocycles. The van der Waals surface area contributed by atoms with Crippen LogP contribution in [0.3, 0.4) is 0 Å². The maximum absolute atomic E-state index is 13.5. The molecule has 0 aliphatic rings. The van der Waals surface area contributed by atoms with Gasteiger partial charge in [-0.15, -0.1) is 0 Å². The molecule has 0 aliphatic carbocycles. The van der Waals surface area contributed by atoms with Gasteiger partial charge in [0.05, 0.1) is 36.6 Å². The molecule has 0 unspecified atom stereocenters. The number of nitrogens with one attached hydrogen (secondary N) is 1. The number of hydrogen-bond acceptors (Lipinski definition) is 7. The number of pyridine rings is 2. The molecular weight excluding hydrogens is 544 g/mol. The molecule has 1 amide bonds. The molecule has 3 aromatic heterocycles. The highest BCUT2D eigenvalue weighted by Crippen LogP contribution is 2.30. The lowest BCUT2D eigenvalue weighted by atomic mass is 10.1. The standard InChI is InChI=1S/C25H22F4N4O5S/c1-37-9-8-33(39(35,36)24-12-17-10-19(26)3-5-22(17)38-24)15-23(34)32-14-20-11-16(6-7-30-20)21-4-2-18(13-31-21)25(27,28)29/h2-7,10-13H,8-9,14-15H2,1H3,(H,32,34). The summed E-state index contributed by atoms with van der Waals surface area (Å²) < 4.78 is 89.6. The van der Waals surface area contributed by atoms with E-state index in [0.29, 0.717) is 11.3 Å². The molecule has 0 atom stereocenters. The second-order valence-corrected chi connectivity index (χ2v) is 10.2. The van der Waals surface area contributed by atoms with Crippen LogP contribution < -0.4 is 5.32 Å². The quantitative estimate of drug-likeness (QED) is 0.289. The number of sulfonamides is 1. The molecule has 0 radical (unpaired) electrons. The summed E-state index contributed by atoms with van der Waals surface area (Å²) in [6.07, 6.45) is -2.37. The molecule has 0 spiro atoms. The predicted molar refractivity (Wildman–Crippen MR) is 131 cm³/mol. The van der Waals surface area contributed by atoms with E-state index < -0.39 is 45.1 Å². The fourth-order valence-electron chi connectivity index (χ4n) is 3.59. The fourth-order valence-corrected chi connectivity index (χ4v) is 4.92. The van der Waals surface area contributed by atoms with Crippen molar-refractivity contribution in [3.05, 3.63) is 78.0 Å². The Hall–Kier alpha value is -3.88. The van der Waals surface area contributed by atoms with Gasteiger partial charge in [0.25, 0.3) is 10.0 Å². The molecule has 206 valence electrons. The van der Waals surface area contributed by atoms with Crippen molar-refractivity contribution in [1.82, 2.24) is 19.6 Å². The smallest absolute Gasteiger partial charge is 0.417 e. The number of carbonyl (C=O) groups is 1. The van der Waals surface area contributed by atoms with Crippen molar-refractivity contribution in [1.29, 1.82) is 0 Å². The third-order valence-corrected chi connectivity index (χ3v) is 7.29. The highest BCUT2D eigenvalue weighted by atomic mass is 32.2. The van der Waals surface area contributed by atoms with Crippen LogP contribution in [0.25, 0.3) is 22.2 Å². The fraction of sp³-hybridized carbons (Fsp3) is 0.240. The zero-order chi connectivity index (χ0) is 28.2. The van der Waals surface area contributed by atoms with Gasteiger partial charge >= 0.3 is 6.18 Å². The molecule has 1 N–H and O–H groups in total. The highest BCUT2D eigenvalue weighted by Gasteiger charge is 2.31. The summed E-state index contributed by atoms with van der Waals surface area (Å²) >= 11 is 0. The zero-order valence-electron chi connectivity index (χ0n) is 20.4. The number of aromatic nitrogens is 2. The highest BCUT2D eigenvalue weighted by molar-refractivity contribution is 7.89. The van der Waals surface area contributed by atoms with Gasteiger partial charge in [0.2, 0.25) is 11.0 Å². The zero-order valence-corrected chi connectivity index (χ0v) is 21.2. The Morgan fingerprint density at radius 2 is 1.90 bits per heavy atom. The van der Waals surface area contributed by atoms with Crippen LogP contribution in [0.15, 0.2) is 70.4 Å². The molecule has 1 aromatic carbocycles. The first-order chi connectivity index (χ1) is 18.5. The Kier molecular flexibility index (Phi) is 8.28. The number of ether oxygens (including phenoxy) is 1. The lowest BCUT2D eigenvalue weighted by molar-refractivity contribution is -0.137. The number of alkyl halides is 3. The van der Waals surface area contributed by atoms with Crippen LogP contribution in [0.1, 0.15) is 11.3 Å². The Labute approximate surface area is 220 Å². The van der Waals surface area contributed by atoms with Crippen molar-refractivity contribution < 1.29 is 39.9 Å². The molecule has 14 heteroatoms. The van der Waals surface area contributed by atoms with Gasteiger partial charge < -0.3 is 14.5 Å². The van der Waals surface area contributed by atoms with Crippen LogP contribution in [0.4, 0.5) is 17.6 Å². The third-order valence-electron chi connectivity index (χ3n) is 5.58. The molecule has 9 nitrogen and oxygen atoms in total. The SMILES string of the molecule is COCCN(CC(=O)NCc1cc(-c2ccc(C(F)(F)F)cn2)ccn1)S(=O)(=O)c1cc2cc(F)ccc2o1. The monoisotopic (exact) mass is 566 g/mol. The molecular formula is C25H22F4N4O5S. The number of hydrogen-bond donors (Lipinski definition) is 1. The number of amides is 1. The number of furan rings is 1. The topological polar surface area (TPSA) is 115 Å². The second kappa shape index (κ2) is 11.5. The first-order valence-corrected chi connectivity index (χ1v) is 12.8. The lowest BCUT2D eigenvalue weighted by Gasteiger charge is -2.20. The summed E-state index contributed by atoms with van der Waals surface area (Å²) in [6.45, 7) is -0.831. The molecule has 4 aromatic rings. The number of rotatable bonds is 10. The van der Waals surface area contributed by atoms with Crippen LogP contribution in [0.2, 0.25) is 0 Å². The van der Waals surface area contributed by atoms with Crippen LogP contribution in [-0.2, 0) is 32.3 Å². The van der Waals surface area contributed by atoms with Gasteiger partial charge in [0.1, 0.15) is 11.4 Å². The van der Waals surface area contributed by atoms with E-state index in [1.807, 2.05) is 0 Å². The Bertz CT molecular complexity index is 1570. The number of fused-ring (bicyclic) bond motifs is 1. The van der Waals surface area contributed by atoms with E-state index in [-0.39, 0.29) is 36.4 Å². The van der Waals surface area contributed by atoms with E-state index in [0.717, 1.165) is 28.7 Å².